The lowest BCUT2D eigenvalue weighted by atomic mass is 10.2. The van der Waals surface area contributed by atoms with E-state index < -0.39 is 0 Å². The van der Waals surface area contributed by atoms with Gasteiger partial charge in [-0.25, -0.2) is 0 Å². The number of thiocarbonyl (C=S) groups is 1. The molecule has 0 saturated heterocycles. The second-order valence-electron chi connectivity index (χ2n) is 3.85. The van der Waals surface area contributed by atoms with Gasteiger partial charge in [-0.2, -0.15) is 5.10 Å². The summed E-state index contributed by atoms with van der Waals surface area (Å²) >= 11 is 8.49. The second-order valence-corrected chi connectivity index (χ2v) is 5.12. The maximum Gasteiger partial charge on any atom is 0.186 e. The summed E-state index contributed by atoms with van der Waals surface area (Å²) in [6.45, 7) is 6.73. The maximum atomic E-state index is 5.52. The van der Waals surface area contributed by atoms with Crippen molar-refractivity contribution in [2.24, 2.45) is 5.10 Å². The van der Waals surface area contributed by atoms with Crippen LogP contribution in [-0.4, -0.2) is 31.6 Å². The van der Waals surface area contributed by atoms with Gasteiger partial charge in [0.2, 0.25) is 0 Å². The lowest BCUT2D eigenvalue weighted by Crippen LogP contribution is -2.31. The second kappa shape index (κ2) is 9.36. The van der Waals surface area contributed by atoms with Gasteiger partial charge >= 0.3 is 0 Å². The van der Waals surface area contributed by atoms with Gasteiger partial charge in [0.15, 0.2) is 16.6 Å². The first-order valence-corrected chi connectivity index (χ1v) is 7.50. The van der Waals surface area contributed by atoms with Gasteiger partial charge in [0, 0.05) is 16.6 Å². The Morgan fingerprint density at radius 3 is 2.86 bits per heavy atom. The van der Waals surface area contributed by atoms with Crippen LogP contribution >= 0.6 is 28.1 Å². The molecule has 0 aromatic heterocycles. The zero-order chi connectivity index (χ0) is 15.7. The van der Waals surface area contributed by atoms with Crippen LogP contribution in [0.5, 0.6) is 11.5 Å². The van der Waals surface area contributed by atoms with E-state index in [1.807, 2.05) is 19.1 Å². The summed E-state index contributed by atoms with van der Waals surface area (Å²) < 4.78 is 11.7. The number of nitrogens with zero attached hydrogens (tertiary/aromatic N) is 1. The molecule has 1 aromatic rings. The third kappa shape index (κ3) is 5.73. The van der Waals surface area contributed by atoms with Crippen LogP contribution in [-0.2, 0) is 0 Å². The molecule has 0 aliphatic heterocycles. The van der Waals surface area contributed by atoms with Crippen molar-refractivity contribution in [2.45, 2.75) is 6.92 Å². The van der Waals surface area contributed by atoms with Crippen LogP contribution in [0.25, 0.3) is 0 Å². The molecule has 0 aliphatic rings. The van der Waals surface area contributed by atoms with Gasteiger partial charge in [0.25, 0.3) is 0 Å². The van der Waals surface area contributed by atoms with Crippen molar-refractivity contribution in [1.82, 2.24) is 10.7 Å². The van der Waals surface area contributed by atoms with E-state index in [-0.39, 0.29) is 0 Å². The van der Waals surface area contributed by atoms with E-state index in [2.05, 4.69) is 38.4 Å². The van der Waals surface area contributed by atoms with Gasteiger partial charge in [-0.05, 0) is 47.2 Å². The lowest BCUT2D eigenvalue weighted by molar-refractivity contribution is 0.326. The first kappa shape index (κ1) is 17.5. The Labute approximate surface area is 138 Å². The highest BCUT2D eigenvalue weighted by Gasteiger charge is 2.09. The first-order chi connectivity index (χ1) is 10.1. The Balaban J connectivity index is 2.85. The molecule has 2 N–H and O–H groups in total. The fourth-order valence-corrected chi connectivity index (χ4v) is 2.05. The number of benzene rings is 1. The molecule has 0 fully saturated rings. The Bertz CT molecular complexity index is 535. The predicted octanol–water partition coefficient (Wildman–Crippen LogP) is 2.84. The minimum Gasteiger partial charge on any atom is -0.493 e. The molecule has 0 atom stereocenters. The maximum absolute atomic E-state index is 5.52. The fourth-order valence-electron chi connectivity index (χ4n) is 1.43. The van der Waals surface area contributed by atoms with Crippen molar-refractivity contribution in [2.75, 3.05) is 20.3 Å². The van der Waals surface area contributed by atoms with Gasteiger partial charge in [0.1, 0.15) is 6.61 Å². The Morgan fingerprint density at radius 2 is 2.24 bits per heavy atom. The van der Waals surface area contributed by atoms with Crippen molar-refractivity contribution in [1.29, 1.82) is 0 Å². The van der Waals surface area contributed by atoms with E-state index in [0.717, 1.165) is 16.6 Å². The lowest BCUT2D eigenvalue weighted by Gasteiger charge is -2.11. The molecule has 0 saturated carbocycles. The van der Waals surface area contributed by atoms with Gasteiger partial charge in [-0.15, -0.1) is 0 Å². The Morgan fingerprint density at radius 1 is 1.48 bits per heavy atom. The summed E-state index contributed by atoms with van der Waals surface area (Å²) in [5.41, 5.74) is 3.57. The number of halogens is 1. The molecular weight excluding hydrogens is 354 g/mol. The highest BCUT2D eigenvalue weighted by molar-refractivity contribution is 9.10. The van der Waals surface area contributed by atoms with Crippen molar-refractivity contribution in [3.8, 4) is 11.5 Å². The largest absolute Gasteiger partial charge is 0.493 e. The van der Waals surface area contributed by atoms with Gasteiger partial charge in [-0.3, -0.25) is 5.43 Å². The number of ether oxygens (including phenoxy) is 2. The van der Waals surface area contributed by atoms with Crippen molar-refractivity contribution < 1.29 is 9.47 Å². The summed E-state index contributed by atoms with van der Waals surface area (Å²) in [5.74, 6) is 1.26. The van der Waals surface area contributed by atoms with E-state index >= 15 is 0 Å². The highest BCUT2D eigenvalue weighted by Crippen LogP contribution is 2.32. The van der Waals surface area contributed by atoms with Crippen LogP contribution in [0.2, 0.25) is 0 Å². The van der Waals surface area contributed by atoms with Crippen LogP contribution in [0, 0.1) is 0 Å². The molecule has 0 heterocycles. The van der Waals surface area contributed by atoms with E-state index in [0.29, 0.717) is 23.2 Å². The van der Waals surface area contributed by atoms with Crippen LogP contribution in [0.4, 0.5) is 0 Å². The molecule has 0 aliphatic carbocycles. The van der Waals surface area contributed by atoms with Crippen LogP contribution in [0.1, 0.15) is 12.5 Å². The normalized spacial score (nSPS) is 10.2. The SMILES string of the molecule is C=CCOc1cc(Br)c(C=NNC(=S)NCC)cc1OC. The molecule has 7 heteroatoms. The number of nitrogens with one attached hydrogen (secondary N) is 2. The van der Waals surface area contributed by atoms with Crippen LogP contribution in [0.15, 0.2) is 34.4 Å². The first-order valence-electron chi connectivity index (χ1n) is 6.30. The van der Waals surface area contributed by atoms with E-state index in [9.17, 15) is 0 Å². The average molecular weight is 372 g/mol. The number of hydrazone groups is 1. The van der Waals surface area contributed by atoms with Crippen molar-refractivity contribution in [3.05, 3.63) is 34.8 Å². The molecule has 114 valence electrons. The summed E-state index contributed by atoms with van der Waals surface area (Å²) in [6.07, 6.45) is 3.32. The number of methoxy groups -OCH3 is 1. The summed E-state index contributed by atoms with van der Waals surface area (Å²) in [7, 11) is 1.59. The van der Waals surface area contributed by atoms with Crippen molar-refractivity contribution >= 4 is 39.5 Å². The Kier molecular flexibility index (Phi) is 7.78. The highest BCUT2D eigenvalue weighted by atomic mass is 79.9. The zero-order valence-electron chi connectivity index (χ0n) is 12.0. The predicted molar refractivity (Wildman–Crippen MR) is 93.4 cm³/mol. The third-order valence-electron chi connectivity index (χ3n) is 2.35. The number of hydrogen-bond acceptors (Lipinski definition) is 4. The minimum atomic E-state index is 0.411. The molecule has 21 heavy (non-hydrogen) atoms. The molecule has 0 amide bonds. The summed E-state index contributed by atoms with van der Waals surface area (Å²) in [6, 6.07) is 3.65. The molecule has 1 rings (SSSR count). The molecular formula is C14H18BrN3O2S. The minimum absolute atomic E-state index is 0.411. The van der Waals surface area contributed by atoms with E-state index in [4.69, 9.17) is 21.7 Å². The third-order valence-corrected chi connectivity index (χ3v) is 3.27. The number of hydrogen-bond donors (Lipinski definition) is 2. The van der Waals surface area contributed by atoms with Gasteiger partial charge in [-0.1, -0.05) is 12.7 Å². The standard InChI is InChI=1S/C14H18BrN3O2S/c1-4-6-20-13-8-11(15)10(7-12(13)19-3)9-17-18-14(21)16-5-2/h4,7-9H,1,5-6H2,2-3H3,(H2,16,18,21). The monoisotopic (exact) mass is 371 g/mol. The van der Waals surface area contributed by atoms with E-state index in [1.165, 1.54) is 0 Å². The summed E-state index contributed by atoms with van der Waals surface area (Å²) in [5, 5.41) is 7.48. The molecule has 1 aromatic carbocycles. The van der Waals surface area contributed by atoms with Gasteiger partial charge in [0.05, 0.1) is 13.3 Å². The molecule has 0 spiro atoms. The quantitative estimate of drug-likeness (QED) is 0.334. The molecule has 0 bridgehead atoms. The zero-order valence-corrected chi connectivity index (χ0v) is 14.4. The van der Waals surface area contributed by atoms with Crippen LogP contribution in [0.3, 0.4) is 0 Å². The van der Waals surface area contributed by atoms with E-state index in [1.54, 1.807) is 19.4 Å². The van der Waals surface area contributed by atoms with Crippen LogP contribution < -0.4 is 20.2 Å². The fraction of sp³-hybridized carbons (Fsp3) is 0.286. The van der Waals surface area contributed by atoms with Gasteiger partial charge < -0.3 is 14.8 Å². The van der Waals surface area contributed by atoms with Crippen molar-refractivity contribution in [3.63, 3.8) is 0 Å². The summed E-state index contributed by atoms with van der Waals surface area (Å²) in [4.78, 5) is 0. The topological polar surface area (TPSA) is 54.9 Å². The average Bonchev–Trinajstić information content (AvgIpc) is 2.47. The molecule has 0 unspecified atom stereocenters. The molecule has 5 nitrogen and oxygen atoms in total. The number of rotatable bonds is 7. The smallest absolute Gasteiger partial charge is 0.186 e. The Hall–Kier alpha value is -1.60. The molecule has 0 radical (unpaired) electrons.